The maximum absolute atomic E-state index is 9.10. The minimum atomic E-state index is -1.82. The van der Waals surface area contributed by atoms with Crippen molar-refractivity contribution in [3.8, 4) is 0 Å². The first-order valence-corrected chi connectivity index (χ1v) is 1.11. The Morgan fingerprint density at radius 3 is 1.14 bits per heavy atom. The number of carboxylic acid groups (broad SMARTS) is 2. The quantitative estimate of drug-likeness (QED) is 0.424. The molecule has 0 atom stereocenters. The van der Waals surface area contributed by atoms with Crippen LogP contribution in [-0.4, -0.2) is 22.2 Å². The summed E-state index contributed by atoms with van der Waals surface area (Å²) in [4.78, 5) is 18.2. The van der Waals surface area contributed by atoms with Gasteiger partial charge in [0.2, 0.25) is 0 Å². The average molecular weight is 135 g/mol. The smallest absolute Gasteiger partial charge is 0.414 e. The van der Waals surface area contributed by atoms with Crippen molar-refractivity contribution in [2.75, 3.05) is 0 Å². The second-order valence-corrected chi connectivity index (χ2v) is 0.610. The Balaban J connectivity index is 0. The topological polar surface area (TPSA) is 74.6 Å². The molecule has 0 spiro atoms. The maximum atomic E-state index is 9.10. The second kappa shape index (κ2) is 3.98. The Labute approximate surface area is 57.9 Å². The molecule has 37 valence electrons. The van der Waals surface area contributed by atoms with Crippen LogP contribution < -0.4 is 0 Å². The Kier molecular flexibility index (Phi) is 5.65. The molecule has 4 nitrogen and oxygen atoms in total. The van der Waals surface area contributed by atoms with Crippen LogP contribution in [0, 0.1) is 0 Å². The van der Waals surface area contributed by atoms with Crippen molar-refractivity contribution in [2.45, 2.75) is 0 Å². The third-order valence-electron chi connectivity index (χ3n) is 0.183. The van der Waals surface area contributed by atoms with E-state index >= 15 is 0 Å². The van der Waals surface area contributed by atoms with Crippen molar-refractivity contribution in [3.63, 3.8) is 0 Å². The zero-order valence-corrected chi connectivity index (χ0v) is 5.09. The Morgan fingerprint density at radius 1 is 1.00 bits per heavy atom. The third-order valence-corrected chi connectivity index (χ3v) is 0.183. The van der Waals surface area contributed by atoms with Gasteiger partial charge in [-0.15, -0.1) is 0 Å². The van der Waals surface area contributed by atoms with Gasteiger partial charge in [-0.2, -0.15) is 0 Å². The first-order valence-electron chi connectivity index (χ1n) is 1.11. The van der Waals surface area contributed by atoms with Crippen LogP contribution in [0.1, 0.15) is 0 Å². The fourth-order valence-electron chi connectivity index (χ4n) is 0. The van der Waals surface area contributed by atoms with E-state index in [1.807, 2.05) is 0 Å². The van der Waals surface area contributed by atoms with E-state index in [0.717, 1.165) is 0 Å². The van der Waals surface area contributed by atoms with Crippen LogP contribution >= 0.6 is 0 Å². The van der Waals surface area contributed by atoms with Crippen molar-refractivity contribution in [1.82, 2.24) is 0 Å². The van der Waals surface area contributed by atoms with E-state index in [1.165, 1.54) is 0 Å². The van der Waals surface area contributed by atoms with Gasteiger partial charge in [0, 0.05) is 25.8 Å². The number of hydrogen-bond donors (Lipinski definition) is 2. The maximum Gasteiger partial charge on any atom is 0.414 e. The van der Waals surface area contributed by atoms with Gasteiger partial charge < -0.3 is 10.2 Å². The standard InChI is InChI=1S/C2H2O4.Sc/c3-1(4)2(5)6;/h(H,3,4)(H,5,6);. The third kappa shape index (κ3) is 5.81. The zero-order valence-electron chi connectivity index (χ0n) is 3.29. The predicted molar refractivity (Wildman–Crippen MR) is 15.3 cm³/mol. The van der Waals surface area contributed by atoms with Gasteiger partial charge >= 0.3 is 11.9 Å². The van der Waals surface area contributed by atoms with E-state index < -0.39 is 11.9 Å². The van der Waals surface area contributed by atoms with Gasteiger partial charge in [-0.25, -0.2) is 9.59 Å². The molecule has 0 aliphatic carbocycles. The summed E-state index contributed by atoms with van der Waals surface area (Å²) in [6.07, 6.45) is 0. The van der Waals surface area contributed by atoms with Crippen molar-refractivity contribution >= 4 is 11.9 Å². The summed E-state index contributed by atoms with van der Waals surface area (Å²) in [5.74, 6) is -3.65. The molecule has 0 rings (SSSR count). The van der Waals surface area contributed by atoms with E-state index in [-0.39, 0.29) is 25.8 Å². The molecule has 0 aromatic rings. The Morgan fingerprint density at radius 2 is 1.14 bits per heavy atom. The Bertz CT molecular complexity index is 75.7. The molecule has 2 N–H and O–H groups in total. The summed E-state index contributed by atoms with van der Waals surface area (Å²) < 4.78 is 0. The molecule has 0 unspecified atom stereocenters. The molecule has 0 aliphatic heterocycles. The van der Waals surface area contributed by atoms with Gasteiger partial charge in [0.25, 0.3) is 0 Å². The summed E-state index contributed by atoms with van der Waals surface area (Å²) in [7, 11) is 0. The van der Waals surface area contributed by atoms with E-state index in [4.69, 9.17) is 19.8 Å². The zero-order chi connectivity index (χ0) is 5.15. The first kappa shape index (κ1) is 9.94. The van der Waals surface area contributed by atoms with Crippen LogP contribution in [0.4, 0.5) is 0 Å². The summed E-state index contributed by atoms with van der Waals surface area (Å²) >= 11 is 0. The minimum Gasteiger partial charge on any atom is -0.473 e. The molecule has 0 saturated heterocycles. The van der Waals surface area contributed by atoms with Crippen LogP contribution in [-0.2, 0) is 35.4 Å². The molecule has 7 heavy (non-hydrogen) atoms. The van der Waals surface area contributed by atoms with Crippen LogP contribution in [0.25, 0.3) is 0 Å². The normalized spacial score (nSPS) is 6.29. The molecular weight excluding hydrogens is 133 g/mol. The van der Waals surface area contributed by atoms with E-state index in [0.29, 0.717) is 0 Å². The summed E-state index contributed by atoms with van der Waals surface area (Å²) in [5.41, 5.74) is 0. The molecule has 0 aliphatic rings. The van der Waals surface area contributed by atoms with Gasteiger partial charge in [-0.3, -0.25) is 0 Å². The van der Waals surface area contributed by atoms with Gasteiger partial charge in [0.05, 0.1) is 0 Å². The number of aliphatic carboxylic acids is 2. The van der Waals surface area contributed by atoms with Gasteiger partial charge in [-0.1, -0.05) is 0 Å². The van der Waals surface area contributed by atoms with Crippen molar-refractivity contribution in [2.24, 2.45) is 0 Å². The number of hydrogen-bond acceptors (Lipinski definition) is 2. The number of rotatable bonds is 0. The monoisotopic (exact) mass is 135 g/mol. The van der Waals surface area contributed by atoms with Crippen LogP contribution in [0.2, 0.25) is 0 Å². The van der Waals surface area contributed by atoms with Crippen LogP contribution in [0.5, 0.6) is 0 Å². The van der Waals surface area contributed by atoms with Gasteiger partial charge in [-0.05, 0) is 0 Å². The summed E-state index contributed by atoms with van der Waals surface area (Å²) in [5, 5.41) is 14.8. The molecule has 0 aromatic carbocycles. The number of carboxylic acids is 2. The molecule has 0 bridgehead atoms. The summed E-state index contributed by atoms with van der Waals surface area (Å²) in [6, 6.07) is 0. The van der Waals surface area contributed by atoms with Crippen molar-refractivity contribution in [1.29, 1.82) is 0 Å². The number of carbonyl (C=O) groups is 2. The van der Waals surface area contributed by atoms with E-state index in [9.17, 15) is 0 Å². The summed E-state index contributed by atoms with van der Waals surface area (Å²) in [6.45, 7) is 0. The second-order valence-electron chi connectivity index (χ2n) is 0.610. The van der Waals surface area contributed by atoms with Crippen molar-refractivity contribution in [3.05, 3.63) is 0 Å². The average Bonchev–Trinajstić information content (AvgIpc) is 1.36. The van der Waals surface area contributed by atoms with E-state index in [2.05, 4.69) is 0 Å². The molecule has 0 aromatic heterocycles. The SMILES string of the molecule is O=C(O)C(=O)O.[Sc]. The predicted octanol–water partition coefficient (Wildman–Crippen LogP) is -0.847. The van der Waals surface area contributed by atoms with Gasteiger partial charge in [0.15, 0.2) is 0 Å². The van der Waals surface area contributed by atoms with E-state index in [1.54, 1.807) is 0 Å². The molecule has 1 radical (unpaired) electrons. The van der Waals surface area contributed by atoms with Crippen LogP contribution in [0.15, 0.2) is 0 Å². The minimum absolute atomic E-state index is 0. The fraction of sp³-hybridized carbons (Fsp3) is 0. The largest absolute Gasteiger partial charge is 0.473 e. The Hall–Kier alpha value is -0.190. The molecule has 5 heteroatoms. The fourth-order valence-corrected chi connectivity index (χ4v) is 0. The molecule has 0 saturated carbocycles. The molecule has 0 amide bonds. The molecule has 0 fully saturated rings. The van der Waals surface area contributed by atoms with Crippen molar-refractivity contribution < 1.29 is 45.6 Å². The molecule has 0 heterocycles. The molecular formula is C2H2O4Sc. The first-order chi connectivity index (χ1) is 2.64. The van der Waals surface area contributed by atoms with Gasteiger partial charge in [0.1, 0.15) is 0 Å². The van der Waals surface area contributed by atoms with Crippen LogP contribution in [0.3, 0.4) is 0 Å².